The molecule has 0 saturated carbocycles. The van der Waals surface area contributed by atoms with E-state index in [1.54, 1.807) is 0 Å². The summed E-state index contributed by atoms with van der Waals surface area (Å²) in [6.07, 6.45) is 65.7. The molecule has 0 aliphatic heterocycles. The number of hydrogen-bond donors (Lipinski definition) is 0. The van der Waals surface area contributed by atoms with Gasteiger partial charge in [0.25, 0.3) is 0 Å². The summed E-state index contributed by atoms with van der Waals surface area (Å²) in [5.41, 5.74) is 0. The van der Waals surface area contributed by atoms with E-state index >= 15 is 0 Å². The maximum absolute atomic E-state index is 12.8. The van der Waals surface area contributed by atoms with Gasteiger partial charge in [-0.1, -0.05) is 196 Å². The van der Waals surface area contributed by atoms with Gasteiger partial charge in [-0.25, -0.2) is 0 Å². The van der Waals surface area contributed by atoms with Gasteiger partial charge in [0.1, 0.15) is 13.2 Å². The molecule has 6 nitrogen and oxygen atoms in total. The minimum absolute atomic E-state index is 0.0986. The second-order valence-electron chi connectivity index (χ2n) is 17.0. The summed E-state index contributed by atoms with van der Waals surface area (Å²) >= 11 is 0. The second-order valence-corrected chi connectivity index (χ2v) is 17.0. The monoisotopic (exact) mass is 877 g/mol. The van der Waals surface area contributed by atoms with Crippen LogP contribution in [-0.2, 0) is 28.6 Å². The van der Waals surface area contributed by atoms with Gasteiger partial charge < -0.3 is 14.2 Å². The smallest absolute Gasteiger partial charge is 0.306 e. The Morgan fingerprint density at radius 1 is 0.333 bits per heavy atom. The minimum Gasteiger partial charge on any atom is -0.462 e. The van der Waals surface area contributed by atoms with Crippen LogP contribution in [0.5, 0.6) is 0 Å². The molecule has 0 radical (unpaired) electrons. The predicted octanol–water partition coefficient (Wildman–Crippen LogP) is 17.2. The molecule has 0 heterocycles. The molecule has 0 aromatic rings. The Morgan fingerprint density at radius 3 is 1.06 bits per heavy atom. The van der Waals surface area contributed by atoms with E-state index in [0.717, 1.165) is 96.3 Å². The quantitative estimate of drug-likeness (QED) is 0.0262. The van der Waals surface area contributed by atoms with Crippen LogP contribution in [0.3, 0.4) is 0 Å². The Kier molecular flexibility index (Phi) is 48.5. The van der Waals surface area contributed by atoms with Crippen molar-refractivity contribution < 1.29 is 28.6 Å². The summed E-state index contributed by atoms with van der Waals surface area (Å²) in [7, 11) is 0. The van der Waals surface area contributed by atoms with E-state index in [2.05, 4.69) is 106 Å². The van der Waals surface area contributed by atoms with Gasteiger partial charge in [-0.05, 0) is 109 Å². The van der Waals surface area contributed by atoms with E-state index in [1.807, 2.05) is 0 Å². The second kappa shape index (κ2) is 51.2. The maximum Gasteiger partial charge on any atom is 0.306 e. The highest BCUT2D eigenvalue weighted by molar-refractivity contribution is 5.71. The van der Waals surface area contributed by atoms with E-state index in [4.69, 9.17) is 14.2 Å². The first kappa shape index (κ1) is 59.6. The third-order valence-electron chi connectivity index (χ3n) is 10.9. The van der Waals surface area contributed by atoms with Gasteiger partial charge in [0.2, 0.25) is 0 Å². The standard InChI is InChI=1S/C57H96O6/c1-4-7-10-13-16-19-22-24-26-27-28-29-31-32-35-38-41-44-47-50-56(59)62-53-54(52-61-55(58)49-46-43-40-37-34-21-18-15-12-9-6-3)63-57(60)51-48-45-42-39-36-33-30-25-23-20-17-14-11-8-5-2/h8,11,15-20,24-26,30,36,39,54H,4-7,9-10,12-14,21-23,27-29,31-35,37-38,40-53H2,1-3H3/b11-8-,18-15-,19-16-,20-17-,26-24-,30-25-,39-36-/t54-/m0/s1. The number of carbonyl (C=O) groups is 3. The number of ether oxygens (including phenoxy) is 3. The van der Waals surface area contributed by atoms with Crippen molar-refractivity contribution in [3.63, 3.8) is 0 Å². The largest absolute Gasteiger partial charge is 0.462 e. The van der Waals surface area contributed by atoms with Crippen LogP contribution in [0.15, 0.2) is 85.1 Å². The highest BCUT2D eigenvalue weighted by Gasteiger charge is 2.19. The zero-order chi connectivity index (χ0) is 45.8. The highest BCUT2D eigenvalue weighted by atomic mass is 16.6. The van der Waals surface area contributed by atoms with Crippen molar-refractivity contribution in [3.8, 4) is 0 Å². The van der Waals surface area contributed by atoms with Crippen molar-refractivity contribution in [2.45, 2.75) is 245 Å². The molecule has 63 heavy (non-hydrogen) atoms. The van der Waals surface area contributed by atoms with Crippen molar-refractivity contribution in [2.24, 2.45) is 0 Å². The summed E-state index contributed by atoms with van der Waals surface area (Å²) in [5.74, 6) is -0.956. The summed E-state index contributed by atoms with van der Waals surface area (Å²) in [5, 5.41) is 0. The first-order valence-electron chi connectivity index (χ1n) is 26.1. The fourth-order valence-corrected chi connectivity index (χ4v) is 6.91. The molecular weight excluding hydrogens is 781 g/mol. The molecule has 0 bridgehead atoms. The van der Waals surface area contributed by atoms with Crippen molar-refractivity contribution in [3.05, 3.63) is 85.1 Å². The lowest BCUT2D eigenvalue weighted by Gasteiger charge is -2.18. The van der Waals surface area contributed by atoms with Crippen molar-refractivity contribution >= 4 is 17.9 Å². The van der Waals surface area contributed by atoms with E-state index in [0.29, 0.717) is 19.3 Å². The molecule has 0 aromatic carbocycles. The summed E-state index contributed by atoms with van der Waals surface area (Å²) in [6.45, 7) is 6.41. The summed E-state index contributed by atoms with van der Waals surface area (Å²) in [6, 6.07) is 0. The van der Waals surface area contributed by atoms with E-state index in [-0.39, 0.29) is 37.5 Å². The van der Waals surface area contributed by atoms with Crippen LogP contribution < -0.4 is 0 Å². The zero-order valence-electron chi connectivity index (χ0n) is 41.1. The third-order valence-corrected chi connectivity index (χ3v) is 10.9. The molecule has 1 atom stereocenters. The molecular formula is C57H96O6. The number of carbonyl (C=O) groups excluding carboxylic acids is 3. The Labute approximate surface area is 388 Å². The van der Waals surface area contributed by atoms with Crippen molar-refractivity contribution in [2.75, 3.05) is 13.2 Å². The number of unbranched alkanes of at least 4 members (excludes halogenated alkanes) is 21. The number of rotatable bonds is 46. The number of esters is 3. The van der Waals surface area contributed by atoms with Crippen molar-refractivity contribution in [1.82, 2.24) is 0 Å². The highest BCUT2D eigenvalue weighted by Crippen LogP contribution is 2.14. The number of hydrogen-bond acceptors (Lipinski definition) is 6. The Hall–Kier alpha value is -3.41. The van der Waals surface area contributed by atoms with Gasteiger partial charge in [0, 0.05) is 19.3 Å². The molecule has 360 valence electrons. The molecule has 0 aliphatic rings. The SMILES string of the molecule is CC/C=C\C/C=C\C/C=C\C/C=C\CCCCC(=O)O[C@@H](COC(=O)CCCCCCC/C=C\CCCC)COC(=O)CCCCCCCCCCC/C=C\C/C=C\CCCCC. The van der Waals surface area contributed by atoms with Crippen molar-refractivity contribution in [1.29, 1.82) is 0 Å². The average Bonchev–Trinajstić information content (AvgIpc) is 3.28. The van der Waals surface area contributed by atoms with Crippen LogP contribution in [-0.4, -0.2) is 37.2 Å². The molecule has 0 amide bonds. The van der Waals surface area contributed by atoms with Gasteiger partial charge in [-0.3, -0.25) is 14.4 Å². The van der Waals surface area contributed by atoms with Gasteiger partial charge in [0.15, 0.2) is 6.10 Å². The van der Waals surface area contributed by atoms with Gasteiger partial charge in [0.05, 0.1) is 0 Å². The summed E-state index contributed by atoms with van der Waals surface area (Å²) in [4.78, 5) is 37.9. The first-order chi connectivity index (χ1) is 31.0. The molecule has 6 heteroatoms. The van der Waals surface area contributed by atoms with E-state index in [9.17, 15) is 14.4 Å². The molecule has 0 unspecified atom stereocenters. The van der Waals surface area contributed by atoms with Crippen LogP contribution in [0, 0.1) is 0 Å². The third kappa shape index (κ3) is 49.5. The molecule has 0 aliphatic carbocycles. The maximum atomic E-state index is 12.8. The van der Waals surface area contributed by atoms with E-state index in [1.165, 1.54) is 96.3 Å². The fraction of sp³-hybridized carbons (Fsp3) is 0.702. The van der Waals surface area contributed by atoms with Crippen LogP contribution in [0.1, 0.15) is 239 Å². The van der Waals surface area contributed by atoms with Crippen LogP contribution in [0.2, 0.25) is 0 Å². The first-order valence-corrected chi connectivity index (χ1v) is 26.1. The van der Waals surface area contributed by atoms with Gasteiger partial charge in [-0.15, -0.1) is 0 Å². The predicted molar refractivity (Wildman–Crippen MR) is 270 cm³/mol. The van der Waals surface area contributed by atoms with E-state index < -0.39 is 6.10 Å². The molecule has 0 rings (SSSR count). The van der Waals surface area contributed by atoms with Crippen LogP contribution in [0.25, 0.3) is 0 Å². The minimum atomic E-state index is -0.802. The average molecular weight is 877 g/mol. The normalized spacial score (nSPS) is 12.7. The van der Waals surface area contributed by atoms with Gasteiger partial charge >= 0.3 is 17.9 Å². The van der Waals surface area contributed by atoms with Gasteiger partial charge in [-0.2, -0.15) is 0 Å². The molecule has 0 spiro atoms. The molecule has 0 saturated heterocycles. The summed E-state index contributed by atoms with van der Waals surface area (Å²) < 4.78 is 16.7. The lowest BCUT2D eigenvalue weighted by atomic mass is 10.1. The Balaban J connectivity index is 4.42. The Morgan fingerprint density at radius 2 is 0.635 bits per heavy atom. The van der Waals surface area contributed by atoms with Crippen LogP contribution >= 0.6 is 0 Å². The molecule has 0 N–H and O–H groups in total. The lowest BCUT2D eigenvalue weighted by Crippen LogP contribution is -2.30. The molecule has 0 aromatic heterocycles. The zero-order valence-corrected chi connectivity index (χ0v) is 41.1. The fourth-order valence-electron chi connectivity index (χ4n) is 6.91. The lowest BCUT2D eigenvalue weighted by molar-refractivity contribution is -0.167. The molecule has 0 fully saturated rings. The Bertz CT molecular complexity index is 1240. The number of allylic oxidation sites excluding steroid dienone is 14. The topological polar surface area (TPSA) is 78.9 Å². The van der Waals surface area contributed by atoms with Crippen LogP contribution in [0.4, 0.5) is 0 Å².